The standard InChI is InChI=1S/C20H20F2N2O4/c21-14-2-1-3-15(22)19(14)20(25)23-11-16(24-6-8-26-9-7-24)13-4-5-17-18(10-13)28-12-27-17/h1-5,10,16H,6-9,11-12H2,(H,23,25)/p+1/t16-/m0/s1. The molecular weight excluding hydrogens is 370 g/mol. The van der Waals surface area contributed by atoms with Crippen LogP contribution in [0.2, 0.25) is 0 Å². The van der Waals surface area contributed by atoms with E-state index in [1.54, 1.807) is 0 Å². The van der Waals surface area contributed by atoms with Crippen LogP contribution in [0.4, 0.5) is 8.78 Å². The third-order valence-electron chi connectivity index (χ3n) is 5.08. The van der Waals surface area contributed by atoms with Crippen molar-refractivity contribution >= 4 is 5.91 Å². The summed E-state index contributed by atoms with van der Waals surface area (Å²) in [7, 11) is 0. The second-order valence-corrected chi connectivity index (χ2v) is 6.74. The molecule has 28 heavy (non-hydrogen) atoms. The van der Waals surface area contributed by atoms with E-state index < -0.39 is 23.1 Å². The zero-order valence-electron chi connectivity index (χ0n) is 15.2. The van der Waals surface area contributed by atoms with Gasteiger partial charge in [0.25, 0.3) is 5.91 Å². The zero-order chi connectivity index (χ0) is 19.5. The van der Waals surface area contributed by atoms with Crippen molar-refractivity contribution in [3.05, 3.63) is 59.2 Å². The molecule has 2 aliphatic rings. The molecule has 6 nitrogen and oxygen atoms in total. The molecular formula is C20H21F2N2O4+. The first-order valence-corrected chi connectivity index (χ1v) is 9.17. The summed E-state index contributed by atoms with van der Waals surface area (Å²) >= 11 is 0. The topological polar surface area (TPSA) is 61.2 Å². The third kappa shape index (κ3) is 3.79. The van der Waals surface area contributed by atoms with Gasteiger partial charge in [-0.1, -0.05) is 6.07 Å². The van der Waals surface area contributed by atoms with Crippen molar-refractivity contribution in [1.29, 1.82) is 0 Å². The van der Waals surface area contributed by atoms with Gasteiger partial charge in [-0.15, -0.1) is 0 Å². The SMILES string of the molecule is O=C(NC[C@@H](c1ccc2c(c1)OCO2)[NH+]1CCOCC1)c1c(F)cccc1F. The lowest BCUT2D eigenvalue weighted by molar-refractivity contribution is -0.937. The Morgan fingerprint density at radius 3 is 2.54 bits per heavy atom. The maximum absolute atomic E-state index is 13.9. The van der Waals surface area contributed by atoms with Crippen molar-refractivity contribution in [1.82, 2.24) is 5.32 Å². The van der Waals surface area contributed by atoms with Gasteiger partial charge in [-0.3, -0.25) is 4.79 Å². The largest absolute Gasteiger partial charge is 0.454 e. The van der Waals surface area contributed by atoms with Gasteiger partial charge in [-0.05, 0) is 30.3 Å². The summed E-state index contributed by atoms with van der Waals surface area (Å²) in [5.41, 5.74) is 0.388. The van der Waals surface area contributed by atoms with E-state index in [1.165, 1.54) is 11.0 Å². The smallest absolute Gasteiger partial charge is 0.257 e. The van der Waals surface area contributed by atoms with Crippen molar-refractivity contribution in [2.75, 3.05) is 39.6 Å². The van der Waals surface area contributed by atoms with Crippen molar-refractivity contribution in [3.63, 3.8) is 0 Å². The Bertz CT molecular complexity index is 851. The number of nitrogens with one attached hydrogen (secondary N) is 2. The molecule has 1 saturated heterocycles. The first-order valence-electron chi connectivity index (χ1n) is 9.17. The number of carbonyl (C=O) groups excluding carboxylic acids is 1. The Balaban J connectivity index is 1.55. The Morgan fingerprint density at radius 1 is 1.07 bits per heavy atom. The van der Waals surface area contributed by atoms with Crippen molar-refractivity contribution in [2.24, 2.45) is 0 Å². The lowest BCUT2D eigenvalue weighted by Gasteiger charge is -2.32. The van der Waals surface area contributed by atoms with Crippen LogP contribution in [0.5, 0.6) is 11.5 Å². The fourth-order valence-corrected chi connectivity index (χ4v) is 3.61. The van der Waals surface area contributed by atoms with Gasteiger partial charge in [-0.2, -0.15) is 0 Å². The molecule has 0 spiro atoms. The molecule has 0 radical (unpaired) electrons. The predicted molar refractivity (Wildman–Crippen MR) is 95.5 cm³/mol. The number of hydrogen-bond acceptors (Lipinski definition) is 4. The van der Waals surface area contributed by atoms with E-state index in [0.717, 1.165) is 30.8 Å². The first-order chi connectivity index (χ1) is 13.6. The summed E-state index contributed by atoms with van der Waals surface area (Å²) in [5, 5.41) is 2.69. The number of hydrogen-bond donors (Lipinski definition) is 2. The van der Waals surface area contributed by atoms with Crippen LogP contribution >= 0.6 is 0 Å². The number of morpholine rings is 1. The number of amides is 1. The molecule has 0 aliphatic carbocycles. The molecule has 148 valence electrons. The van der Waals surface area contributed by atoms with Crippen molar-refractivity contribution < 1.29 is 32.7 Å². The number of quaternary nitrogens is 1. The fourth-order valence-electron chi connectivity index (χ4n) is 3.61. The molecule has 2 aromatic rings. The van der Waals surface area contributed by atoms with E-state index in [0.29, 0.717) is 24.7 Å². The minimum absolute atomic E-state index is 0.114. The summed E-state index contributed by atoms with van der Waals surface area (Å²) in [6.45, 7) is 3.17. The van der Waals surface area contributed by atoms with Crippen LogP contribution in [0.15, 0.2) is 36.4 Å². The molecule has 0 saturated carbocycles. The molecule has 2 aliphatic heterocycles. The van der Waals surface area contributed by atoms with Gasteiger partial charge >= 0.3 is 0 Å². The Morgan fingerprint density at radius 2 is 1.79 bits per heavy atom. The Kier molecular flexibility index (Phi) is 5.40. The summed E-state index contributed by atoms with van der Waals surface area (Å²) < 4.78 is 44.1. The summed E-state index contributed by atoms with van der Waals surface area (Å²) in [5.74, 6) is -1.20. The van der Waals surface area contributed by atoms with Gasteiger partial charge in [0, 0.05) is 5.56 Å². The average molecular weight is 391 g/mol. The summed E-state index contributed by atoms with van der Waals surface area (Å²) in [4.78, 5) is 13.6. The van der Waals surface area contributed by atoms with Crippen LogP contribution in [0.1, 0.15) is 22.0 Å². The lowest BCUT2D eigenvalue weighted by atomic mass is 10.0. The van der Waals surface area contributed by atoms with Crippen molar-refractivity contribution in [2.45, 2.75) is 6.04 Å². The Labute approximate surface area is 161 Å². The van der Waals surface area contributed by atoms with Crippen LogP contribution in [0, 0.1) is 11.6 Å². The Hall–Kier alpha value is -2.71. The minimum Gasteiger partial charge on any atom is -0.454 e. The average Bonchev–Trinajstić information content (AvgIpc) is 3.17. The molecule has 2 aromatic carbocycles. The van der Waals surface area contributed by atoms with Crippen molar-refractivity contribution in [3.8, 4) is 11.5 Å². The highest BCUT2D eigenvalue weighted by Gasteiger charge is 2.29. The van der Waals surface area contributed by atoms with E-state index in [-0.39, 0.29) is 19.4 Å². The molecule has 1 amide bonds. The number of halogens is 2. The minimum atomic E-state index is -0.879. The highest BCUT2D eigenvalue weighted by molar-refractivity contribution is 5.94. The number of rotatable bonds is 5. The predicted octanol–water partition coefficient (Wildman–Crippen LogP) is 1.08. The second kappa shape index (κ2) is 8.12. The number of benzene rings is 2. The molecule has 1 atom stereocenters. The van der Waals surface area contributed by atoms with E-state index in [9.17, 15) is 13.6 Å². The molecule has 0 aromatic heterocycles. The fraction of sp³-hybridized carbons (Fsp3) is 0.350. The first kappa shape index (κ1) is 18.6. The van der Waals surface area contributed by atoms with Gasteiger partial charge in [0.2, 0.25) is 6.79 Å². The van der Waals surface area contributed by atoms with E-state index in [1.807, 2.05) is 18.2 Å². The third-order valence-corrected chi connectivity index (χ3v) is 5.08. The van der Waals surface area contributed by atoms with E-state index in [4.69, 9.17) is 14.2 Å². The number of carbonyl (C=O) groups is 1. The highest BCUT2D eigenvalue weighted by Crippen LogP contribution is 2.33. The second-order valence-electron chi connectivity index (χ2n) is 6.74. The molecule has 2 heterocycles. The molecule has 0 bridgehead atoms. The zero-order valence-corrected chi connectivity index (χ0v) is 15.2. The van der Waals surface area contributed by atoms with Gasteiger partial charge in [0.15, 0.2) is 11.5 Å². The van der Waals surface area contributed by atoms with Gasteiger partial charge < -0.3 is 24.4 Å². The maximum Gasteiger partial charge on any atom is 0.257 e. The van der Waals surface area contributed by atoms with Crippen LogP contribution in [-0.4, -0.2) is 45.5 Å². The monoisotopic (exact) mass is 391 g/mol. The molecule has 1 fully saturated rings. The lowest BCUT2D eigenvalue weighted by Crippen LogP contribution is -3.15. The number of ether oxygens (including phenoxy) is 3. The molecule has 4 rings (SSSR count). The number of fused-ring (bicyclic) bond motifs is 1. The van der Waals surface area contributed by atoms with Crippen LogP contribution in [0.25, 0.3) is 0 Å². The summed E-state index contributed by atoms with van der Waals surface area (Å²) in [6.07, 6.45) is 0. The highest BCUT2D eigenvalue weighted by atomic mass is 19.1. The van der Waals surface area contributed by atoms with Gasteiger partial charge in [-0.25, -0.2) is 8.78 Å². The van der Waals surface area contributed by atoms with Gasteiger partial charge in [0.05, 0.1) is 19.8 Å². The van der Waals surface area contributed by atoms with Crippen LogP contribution < -0.4 is 19.7 Å². The van der Waals surface area contributed by atoms with Crippen LogP contribution in [-0.2, 0) is 4.74 Å². The van der Waals surface area contributed by atoms with Crippen LogP contribution in [0.3, 0.4) is 0 Å². The van der Waals surface area contributed by atoms with E-state index in [2.05, 4.69) is 5.32 Å². The summed E-state index contributed by atoms with van der Waals surface area (Å²) in [6, 6.07) is 8.91. The van der Waals surface area contributed by atoms with E-state index >= 15 is 0 Å². The molecule has 0 unspecified atom stereocenters. The maximum atomic E-state index is 13.9. The quantitative estimate of drug-likeness (QED) is 0.801. The molecule has 8 heteroatoms. The molecule has 2 N–H and O–H groups in total. The van der Waals surface area contributed by atoms with Gasteiger partial charge in [0.1, 0.15) is 36.3 Å². The normalized spacial score (nSPS) is 17.4.